The molecule has 0 N–H and O–H groups in total. The number of hydrogen-bond donors (Lipinski definition) is 0. The Labute approximate surface area is 75.3 Å². The topological polar surface area (TPSA) is 61.8 Å². The lowest BCUT2D eigenvalue weighted by Gasteiger charge is -2.16. The predicted octanol–water partition coefficient (Wildman–Crippen LogP) is 0.00680. The maximum Gasteiger partial charge on any atom is 0.377 e. The van der Waals surface area contributed by atoms with Crippen molar-refractivity contribution in [1.82, 2.24) is 0 Å². The first-order valence-electron chi connectivity index (χ1n) is 3.73. The van der Waals surface area contributed by atoms with Gasteiger partial charge in [0.1, 0.15) is 0 Å². The van der Waals surface area contributed by atoms with Crippen LogP contribution in [0.4, 0.5) is 0 Å². The third-order valence-corrected chi connectivity index (χ3v) is 1.61. The molecule has 0 aromatic rings. The van der Waals surface area contributed by atoms with E-state index in [1.54, 1.807) is 0 Å². The van der Waals surface area contributed by atoms with Crippen LogP contribution < -0.4 is 0 Å². The maximum atomic E-state index is 11.2. The minimum Gasteiger partial charge on any atom is -0.490 e. The molecular formula is C8H10O5. The van der Waals surface area contributed by atoms with E-state index in [0.29, 0.717) is 0 Å². The van der Waals surface area contributed by atoms with E-state index >= 15 is 0 Å². The van der Waals surface area contributed by atoms with Gasteiger partial charge in [-0.25, -0.2) is 4.79 Å². The predicted molar refractivity (Wildman–Crippen MR) is 41.6 cm³/mol. The number of rotatable bonds is 2. The number of methoxy groups -OCH3 is 2. The summed E-state index contributed by atoms with van der Waals surface area (Å²) < 4.78 is 14.1. The Balaban J connectivity index is 2.99. The molecule has 0 radical (unpaired) electrons. The zero-order valence-corrected chi connectivity index (χ0v) is 7.46. The number of hydrogen-bond acceptors (Lipinski definition) is 5. The average molecular weight is 186 g/mol. The lowest BCUT2D eigenvalue weighted by atomic mass is 10.2. The molecule has 13 heavy (non-hydrogen) atoms. The van der Waals surface area contributed by atoms with E-state index < -0.39 is 5.97 Å². The van der Waals surface area contributed by atoms with E-state index in [2.05, 4.69) is 4.74 Å². The van der Waals surface area contributed by atoms with Crippen LogP contribution in [0.5, 0.6) is 0 Å². The normalized spacial score (nSPS) is 16.6. The van der Waals surface area contributed by atoms with Gasteiger partial charge in [0, 0.05) is 6.42 Å². The van der Waals surface area contributed by atoms with Crippen molar-refractivity contribution in [2.45, 2.75) is 6.42 Å². The average Bonchev–Trinajstić information content (AvgIpc) is 2.16. The second-order valence-corrected chi connectivity index (χ2v) is 2.38. The Hall–Kier alpha value is -1.52. The second-order valence-electron chi connectivity index (χ2n) is 2.38. The SMILES string of the molecule is COC(=O)C1=C(OC)C(=O)CCO1. The van der Waals surface area contributed by atoms with Gasteiger partial charge >= 0.3 is 5.97 Å². The van der Waals surface area contributed by atoms with Crippen LogP contribution in [0.25, 0.3) is 0 Å². The van der Waals surface area contributed by atoms with E-state index in [0.717, 1.165) is 0 Å². The zero-order chi connectivity index (χ0) is 9.84. The number of ketones is 1. The van der Waals surface area contributed by atoms with Gasteiger partial charge in [-0.3, -0.25) is 4.79 Å². The molecule has 0 bridgehead atoms. The van der Waals surface area contributed by atoms with Crippen LogP contribution in [-0.4, -0.2) is 32.6 Å². The first kappa shape index (κ1) is 9.57. The molecule has 0 saturated carbocycles. The fourth-order valence-corrected chi connectivity index (χ4v) is 1.00. The maximum absolute atomic E-state index is 11.2. The van der Waals surface area contributed by atoms with Gasteiger partial charge in [0.2, 0.25) is 11.5 Å². The standard InChI is InChI=1S/C8H10O5/c1-11-6-5(9)3-4-13-7(6)8(10)12-2/h3-4H2,1-2H3. The van der Waals surface area contributed by atoms with Crippen LogP contribution in [0.3, 0.4) is 0 Å². The van der Waals surface area contributed by atoms with Crippen molar-refractivity contribution in [3.05, 3.63) is 11.5 Å². The van der Waals surface area contributed by atoms with Crippen LogP contribution in [0, 0.1) is 0 Å². The Morgan fingerprint density at radius 2 is 2.15 bits per heavy atom. The molecule has 0 saturated heterocycles. The number of ether oxygens (including phenoxy) is 3. The number of esters is 1. The molecule has 1 rings (SSSR count). The van der Waals surface area contributed by atoms with Crippen molar-refractivity contribution < 1.29 is 23.8 Å². The first-order valence-corrected chi connectivity index (χ1v) is 3.73. The van der Waals surface area contributed by atoms with Gasteiger partial charge in [-0.1, -0.05) is 0 Å². The molecule has 0 fully saturated rings. The highest BCUT2D eigenvalue weighted by molar-refractivity contribution is 6.02. The van der Waals surface area contributed by atoms with Gasteiger partial charge in [-0.2, -0.15) is 0 Å². The summed E-state index contributed by atoms with van der Waals surface area (Å²) in [6.45, 7) is 0.191. The molecular weight excluding hydrogens is 176 g/mol. The summed E-state index contributed by atoms with van der Waals surface area (Å²) in [7, 11) is 2.52. The molecule has 0 unspecified atom stereocenters. The molecule has 0 aliphatic carbocycles. The minimum absolute atomic E-state index is 0.0573. The number of carbonyl (C=O) groups excluding carboxylic acids is 2. The smallest absolute Gasteiger partial charge is 0.377 e. The molecule has 5 nitrogen and oxygen atoms in total. The number of allylic oxidation sites excluding steroid dienone is 1. The minimum atomic E-state index is -0.690. The summed E-state index contributed by atoms with van der Waals surface area (Å²) in [6.07, 6.45) is 0.226. The fourth-order valence-electron chi connectivity index (χ4n) is 1.00. The highest BCUT2D eigenvalue weighted by Gasteiger charge is 2.28. The van der Waals surface area contributed by atoms with E-state index in [1.165, 1.54) is 14.2 Å². The Kier molecular flexibility index (Phi) is 2.89. The summed E-state index contributed by atoms with van der Waals surface area (Å²) >= 11 is 0. The van der Waals surface area contributed by atoms with Crippen molar-refractivity contribution in [3.63, 3.8) is 0 Å². The van der Waals surface area contributed by atoms with Crippen LogP contribution >= 0.6 is 0 Å². The largest absolute Gasteiger partial charge is 0.490 e. The van der Waals surface area contributed by atoms with Crippen molar-refractivity contribution in [3.8, 4) is 0 Å². The monoisotopic (exact) mass is 186 g/mol. The molecule has 1 aliphatic rings. The van der Waals surface area contributed by atoms with Gasteiger partial charge < -0.3 is 14.2 Å². The van der Waals surface area contributed by atoms with Gasteiger partial charge in [0.05, 0.1) is 20.8 Å². The number of carbonyl (C=O) groups is 2. The number of Topliss-reactive ketones (excluding diaryl/α,β-unsaturated/α-hetero) is 1. The van der Waals surface area contributed by atoms with Crippen molar-refractivity contribution in [2.75, 3.05) is 20.8 Å². The fraction of sp³-hybridized carbons (Fsp3) is 0.500. The van der Waals surface area contributed by atoms with Crippen LogP contribution in [0.2, 0.25) is 0 Å². The van der Waals surface area contributed by atoms with Gasteiger partial charge in [-0.05, 0) is 0 Å². The molecule has 72 valence electrons. The quantitative estimate of drug-likeness (QED) is 0.568. The van der Waals surface area contributed by atoms with Crippen molar-refractivity contribution in [2.24, 2.45) is 0 Å². The molecule has 0 atom stereocenters. The van der Waals surface area contributed by atoms with Gasteiger partial charge in [0.15, 0.2) is 0 Å². The molecule has 1 aliphatic heterocycles. The summed E-state index contributed by atoms with van der Waals surface area (Å²) in [5.41, 5.74) is 0. The molecule has 0 aromatic carbocycles. The highest BCUT2D eigenvalue weighted by Crippen LogP contribution is 2.17. The van der Waals surface area contributed by atoms with Gasteiger partial charge in [0.25, 0.3) is 5.76 Å². The van der Waals surface area contributed by atoms with E-state index in [4.69, 9.17) is 9.47 Å². The second kappa shape index (κ2) is 3.93. The summed E-state index contributed by atoms with van der Waals surface area (Å²) in [6, 6.07) is 0. The third kappa shape index (κ3) is 1.80. The van der Waals surface area contributed by atoms with Gasteiger partial charge in [-0.15, -0.1) is 0 Å². The summed E-state index contributed by atoms with van der Waals surface area (Å²) in [5, 5.41) is 0. The van der Waals surface area contributed by atoms with Crippen LogP contribution in [0.1, 0.15) is 6.42 Å². The van der Waals surface area contributed by atoms with Crippen molar-refractivity contribution >= 4 is 11.8 Å². The molecule has 0 spiro atoms. The zero-order valence-electron chi connectivity index (χ0n) is 7.46. The molecule has 0 aromatic heterocycles. The van der Waals surface area contributed by atoms with Crippen LogP contribution in [-0.2, 0) is 23.8 Å². The lowest BCUT2D eigenvalue weighted by Crippen LogP contribution is -2.23. The molecule has 5 heteroatoms. The Morgan fingerprint density at radius 3 is 2.69 bits per heavy atom. The molecule has 1 heterocycles. The van der Waals surface area contributed by atoms with Crippen LogP contribution in [0.15, 0.2) is 11.5 Å². The lowest BCUT2D eigenvalue weighted by molar-refractivity contribution is -0.143. The van der Waals surface area contributed by atoms with E-state index in [9.17, 15) is 9.59 Å². The summed E-state index contributed by atoms with van der Waals surface area (Å²) in [4.78, 5) is 22.2. The Bertz CT molecular complexity index is 266. The highest BCUT2D eigenvalue weighted by atomic mass is 16.6. The van der Waals surface area contributed by atoms with E-state index in [1.807, 2.05) is 0 Å². The van der Waals surface area contributed by atoms with Crippen molar-refractivity contribution in [1.29, 1.82) is 0 Å². The Morgan fingerprint density at radius 1 is 1.46 bits per heavy atom. The van der Waals surface area contributed by atoms with E-state index in [-0.39, 0.29) is 30.3 Å². The summed E-state index contributed by atoms with van der Waals surface area (Å²) in [5.74, 6) is -1.13. The molecule has 0 amide bonds. The third-order valence-electron chi connectivity index (χ3n) is 1.61. The first-order chi connectivity index (χ1) is 6.20.